The van der Waals surface area contributed by atoms with E-state index in [2.05, 4.69) is 48.5 Å². The van der Waals surface area contributed by atoms with Gasteiger partial charge in [-0.05, 0) is 44.6 Å². The summed E-state index contributed by atoms with van der Waals surface area (Å²) in [7, 11) is 0. The Morgan fingerprint density at radius 3 is 3.08 bits per heavy atom. The maximum absolute atomic E-state index is 5.77. The first-order valence-corrected chi connectivity index (χ1v) is 5.42. The number of nitrogens with one attached hydrogen (secondary N) is 1. The van der Waals surface area contributed by atoms with Crippen LogP contribution in [0.15, 0.2) is 16.7 Å². The Labute approximate surface area is 96.0 Å². The quantitative estimate of drug-likeness (QED) is 0.567. The van der Waals surface area contributed by atoms with E-state index in [1.54, 1.807) is 6.07 Å². The molecular weight excluding hydrogens is 354 g/mol. The summed E-state index contributed by atoms with van der Waals surface area (Å²) in [6.07, 6.45) is 1.90. The Morgan fingerprint density at radius 1 is 1.58 bits per heavy atom. The second-order valence-electron chi connectivity index (χ2n) is 2.29. The summed E-state index contributed by atoms with van der Waals surface area (Å²) >= 11 is 11.4. The van der Waals surface area contributed by atoms with Crippen LogP contribution in [-0.4, -0.2) is 9.97 Å². The minimum Gasteiger partial charge on any atom is -0.345 e. The number of hydrogen-bond acceptors (Lipinski definition) is 1. The number of hydrogen-bond donors (Lipinski definition) is 1. The lowest BCUT2D eigenvalue weighted by atomic mass is 10.3. The Balaban J connectivity index is 2.93. The van der Waals surface area contributed by atoms with Gasteiger partial charge in [-0.25, -0.2) is 4.98 Å². The molecule has 12 heavy (non-hydrogen) atoms. The van der Waals surface area contributed by atoms with Gasteiger partial charge in [-0.2, -0.15) is 0 Å². The summed E-state index contributed by atoms with van der Waals surface area (Å²) in [5.74, 6) is 0. The molecule has 0 aromatic carbocycles. The van der Waals surface area contributed by atoms with E-state index in [9.17, 15) is 0 Å². The minimum atomic E-state index is 0.493. The summed E-state index contributed by atoms with van der Waals surface area (Å²) in [6.45, 7) is 0. The molecule has 0 saturated heterocycles. The molecule has 0 spiro atoms. The second kappa shape index (κ2) is 3.16. The minimum absolute atomic E-state index is 0.493. The average molecular weight is 357 g/mol. The van der Waals surface area contributed by atoms with Crippen LogP contribution in [0, 0.1) is 3.57 Å². The van der Waals surface area contributed by atoms with E-state index in [0.717, 1.165) is 19.1 Å². The molecule has 0 fully saturated rings. The van der Waals surface area contributed by atoms with Crippen LogP contribution < -0.4 is 0 Å². The van der Waals surface area contributed by atoms with Crippen LogP contribution in [0.4, 0.5) is 0 Å². The first-order chi connectivity index (χ1) is 5.68. The van der Waals surface area contributed by atoms with Gasteiger partial charge in [0.1, 0.15) is 10.8 Å². The summed E-state index contributed by atoms with van der Waals surface area (Å²) in [5.41, 5.74) is 0.818. The van der Waals surface area contributed by atoms with Gasteiger partial charge in [-0.15, -0.1) is 0 Å². The molecule has 2 nitrogen and oxygen atoms in total. The molecule has 0 amide bonds. The molecule has 0 aliphatic rings. The Morgan fingerprint density at radius 2 is 2.33 bits per heavy atom. The van der Waals surface area contributed by atoms with E-state index in [-0.39, 0.29) is 0 Å². The van der Waals surface area contributed by atoms with Crippen molar-refractivity contribution in [3.8, 4) is 0 Å². The third-order valence-corrected chi connectivity index (χ3v) is 3.18. The summed E-state index contributed by atoms with van der Waals surface area (Å²) in [5, 5.41) is 1.58. The van der Waals surface area contributed by atoms with Gasteiger partial charge >= 0.3 is 0 Å². The van der Waals surface area contributed by atoms with Gasteiger partial charge in [0.05, 0.1) is 0 Å². The maximum Gasteiger partial charge on any atom is 0.141 e. The van der Waals surface area contributed by atoms with Crippen molar-refractivity contribution in [2.24, 2.45) is 0 Å². The molecule has 62 valence electrons. The third-order valence-electron chi connectivity index (χ3n) is 1.51. The van der Waals surface area contributed by atoms with Gasteiger partial charge in [0.15, 0.2) is 0 Å². The predicted octanol–water partition coefficient (Wildman–Crippen LogP) is 3.58. The number of aromatic nitrogens is 2. The summed E-state index contributed by atoms with van der Waals surface area (Å²) in [6, 6.07) is 1.79. The molecule has 0 saturated carbocycles. The molecule has 0 atom stereocenters. The van der Waals surface area contributed by atoms with Crippen LogP contribution in [-0.2, 0) is 0 Å². The first-order valence-electron chi connectivity index (χ1n) is 3.17. The van der Waals surface area contributed by atoms with Crippen LogP contribution in [0.25, 0.3) is 11.0 Å². The van der Waals surface area contributed by atoms with Crippen molar-refractivity contribution < 1.29 is 0 Å². The van der Waals surface area contributed by atoms with E-state index in [0.29, 0.717) is 5.15 Å². The van der Waals surface area contributed by atoms with Crippen molar-refractivity contribution in [1.29, 1.82) is 0 Å². The summed E-state index contributed by atoms with van der Waals surface area (Å²) < 4.78 is 2.11. The zero-order valence-corrected chi connectivity index (χ0v) is 10.2. The average Bonchev–Trinajstić information content (AvgIpc) is 2.31. The van der Waals surface area contributed by atoms with E-state index in [1.165, 1.54) is 0 Å². The van der Waals surface area contributed by atoms with Gasteiger partial charge < -0.3 is 4.98 Å². The van der Waals surface area contributed by atoms with E-state index >= 15 is 0 Å². The molecule has 0 aliphatic carbocycles. The standard InChI is InChI=1S/C7H3BrClIN2/c8-3-1-5(9)12-7-6(3)4(10)2-11-7/h1-2H,(H,11,12). The van der Waals surface area contributed by atoms with Crippen LogP contribution in [0.3, 0.4) is 0 Å². The zero-order chi connectivity index (χ0) is 8.72. The lowest BCUT2D eigenvalue weighted by Crippen LogP contribution is -1.79. The van der Waals surface area contributed by atoms with Crippen molar-refractivity contribution >= 4 is 61.2 Å². The smallest absolute Gasteiger partial charge is 0.141 e. The topological polar surface area (TPSA) is 28.7 Å². The highest BCUT2D eigenvalue weighted by molar-refractivity contribution is 14.1. The fraction of sp³-hybridized carbons (Fsp3) is 0. The van der Waals surface area contributed by atoms with Gasteiger partial charge in [0, 0.05) is 19.6 Å². The highest BCUT2D eigenvalue weighted by Gasteiger charge is 2.07. The van der Waals surface area contributed by atoms with Crippen LogP contribution in [0.5, 0.6) is 0 Å². The Hall–Kier alpha value is 0.190. The molecule has 2 aromatic heterocycles. The van der Waals surface area contributed by atoms with Crippen molar-refractivity contribution in [3.63, 3.8) is 0 Å². The van der Waals surface area contributed by atoms with Gasteiger partial charge in [0.25, 0.3) is 0 Å². The lowest BCUT2D eigenvalue weighted by molar-refractivity contribution is 1.32. The fourth-order valence-corrected chi connectivity index (χ4v) is 3.04. The summed E-state index contributed by atoms with van der Waals surface area (Å²) in [4.78, 5) is 7.17. The van der Waals surface area contributed by atoms with Crippen molar-refractivity contribution in [2.75, 3.05) is 0 Å². The SMILES string of the molecule is Clc1cc(Br)c2c(I)c[nH]c2n1. The monoisotopic (exact) mass is 356 g/mol. The molecule has 2 rings (SSSR count). The van der Waals surface area contributed by atoms with Crippen molar-refractivity contribution in [1.82, 2.24) is 9.97 Å². The fourth-order valence-electron chi connectivity index (χ4n) is 1.02. The molecule has 0 bridgehead atoms. The maximum atomic E-state index is 5.77. The highest BCUT2D eigenvalue weighted by atomic mass is 127. The number of H-pyrrole nitrogens is 1. The molecule has 5 heteroatoms. The molecule has 0 unspecified atom stereocenters. The molecule has 2 aromatic rings. The molecule has 0 aliphatic heterocycles. The Bertz CT molecular complexity index is 440. The normalized spacial score (nSPS) is 10.9. The number of halogens is 3. The molecular formula is C7H3BrClIN2. The van der Waals surface area contributed by atoms with Crippen LogP contribution in [0.2, 0.25) is 5.15 Å². The van der Waals surface area contributed by atoms with E-state index in [1.807, 2.05) is 6.20 Å². The van der Waals surface area contributed by atoms with Gasteiger partial charge in [-0.3, -0.25) is 0 Å². The van der Waals surface area contributed by atoms with Gasteiger partial charge in [-0.1, -0.05) is 11.6 Å². The molecule has 0 radical (unpaired) electrons. The van der Waals surface area contributed by atoms with Crippen molar-refractivity contribution in [3.05, 3.63) is 25.5 Å². The van der Waals surface area contributed by atoms with E-state index in [4.69, 9.17) is 11.6 Å². The number of rotatable bonds is 0. The highest BCUT2D eigenvalue weighted by Crippen LogP contribution is 2.28. The Kier molecular flexibility index (Phi) is 2.31. The molecule has 2 heterocycles. The number of pyridine rings is 1. The first kappa shape index (κ1) is 8.77. The van der Waals surface area contributed by atoms with Gasteiger partial charge in [0.2, 0.25) is 0 Å². The zero-order valence-electron chi connectivity index (χ0n) is 5.74. The van der Waals surface area contributed by atoms with Crippen LogP contribution in [0.1, 0.15) is 0 Å². The van der Waals surface area contributed by atoms with Crippen molar-refractivity contribution in [2.45, 2.75) is 0 Å². The van der Waals surface area contributed by atoms with Crippen LogP contribution >= 0.6 is 50.1 Å². The predicted molar refractivity (Wildman–Crippen MR) is 61.5 cm³/mol. The molecule has 1 N–H and O–H groups in total. The van der Waals surface area contributed by atoms with E-state index < -0.39 is 0 Å². The largest absolute Gasteiger partial charge is 0.345 e. The number of aromatic amines is 1. The third kappa shape index (κ3) is 1.36. The second-order valence-corrected chi connectivity index (χ2v) is 4.69. The number of nitrogens with zero attached hydrogens (tertiary/aromatic N) is 1. The lowest BCUT2D eigenvalue weighted by Gasteiger charge is -1.95. The number of fused-ring (bicyclic) bond motifs is 1.